The van der Waals surface area contributed by atoms with Gasteiger partial charge in [0.05, 0.1) is 0 Å². The van der Waals surface area contributed by atoms with Crippen LogP contribution < -0.4 is 5.32 Å². The second kappa shape index (κ2) is 4.98. The SMILES string of the molecule is CC(C)(C)[Si](C)(C)OCC[C@@H]1C[C@H]1NC(=O)O. The maximum atomic E-state index is 10.4. The van der Waals surface area contributed by atoms with E-state index in [4.69, 9.17) is 9.53 Å². The molecule has 2 N–H and O–H groups in total. The Morgan fingerprint density at radius 2 is 2.06 bits per heavy atom. The van der Waals surface area contributed by atoms with Crippen molar-refractivity contribution in [2.24, 2.45) is 5.92 Å². The summed E-state index contributed by atoms with van der Waals surface area (Å²) in [5.41, 5.74) is 0. The number of carbonyl (C=O) groups is 1. The summed E-state index contributed by atoms with van der Waals surface area (Å²) in [4.78, 5) is 10.4. The van der Waals surface area contributed by atoms with E-state index in [-0.39, 0.29) is 11.1 Å². The number of hydrogen-bond acceptors (Lipinski definition) is 2. The van der Waals surface area contributed by atoms with E-state index in [2.05, 4.69) is 39.2 Å². The van der Waals surface area contributed by atoms with Crippen molar-refractivity contribution in [2.75, 3.05) is 6.61 Å². The van der Waals surface area contributed by atoms with Crippen molar-refractivity contribution in [1.82, 2.24) is 5.32 Å². The molecule has 100 valence electrons. The summed E-state index contributed by atoms with van der Waals surface area (Å²) in [7, 11) is -1.63. The third-order valence-electron chi connectivity index (χ3n) is 3.99. The molecule has 0 aromatic rings. The zero-order valence-electron chi connectivity index (χ0n) is 11.5. The molecule has 17 heavy (non-hydrogen) atoms. The highest BCUT2D eigenvalue weighted by molar-refractivity contribution is 6.74. The minimum Gasteiger partial charge on any atom is -0.465 e. The molecule has 1 fully saturated rings. The van der Waals surface area contributed by atoms with Gasteiger partial charge in [0.25, 0.3) is 0 Å². The van der Waals surface area contributed by atoms with Crippen molar-refractivity contribution in [1.29, 1.82) is 0 Å². The van der Waals surface area contributed by atoms with Gasteiger partial charge in [0.15, 0.2) is 8.32 Å². The van der Waals surface area contributed by atoms with Crippen LogP contribution >= 0.6 is 0 Å². The van der Waals surface area contributed by atoms with E-state index >= 15 is 0 Å². The lowest BCUT2D eigenvalue weighted by molar-refractivity contribution is 0.192. The summed E-state index contributed by atoms with van der Waals surface area (Å²) in [6.45, 7) is 11.9. The maximum Gasteiger partial charge on any atom is 0.404 e. The third-order valence-corrected chi connectivity index (χ3v) is 8.53. The van der Waals surface area contributed by atoms with Gasteiger partial charge in [0, 0.05) is 12.6 Å². The number of nitrogens with one attached hydrogen (secondary N) is 1. The van der Waals surface area contributed by atoms with E-state index in [0.29, 0.717) is 5.92 Å². The Labute approximate surface area is 105 Å². The second-order valence-corrected chi connectivity index (χ2v) is 11.3. The van der Waals surface area contributed by atoms with E-state index in [9.17, 15) is 4.79 Å². The minimum absolute atomic E-state index is 0.163. The van der Waals surface area contributed by atoms with Gasteiger partial charge in [-0.2, -0.15) is 0 Å². The summed E-state index contributed by atoms with van der Waals surface area (Å²) in [5.74, 6) is 0.482. The zero-order chi connectivity index (χ0) is 13.3. The van der Waals surface area contributed by atoms with Crippen molar-refractivity contribution in [2.45, 2.75) is 57.8 Å². The first-order valence-corrected chi connectivity index (χ1v) is 9.18. The average Bonchev–Trinajstić information content (AvgIpc) is 2.79. The molecule has 1 rings (SSSR count). The van der Waals surface area contributed by atoms with Gasteiger partial charge in [-0.1, -0.05) is 20.8 Å². The highest BCUT2D eigenvalue weighted by Gasteiger charge is 2.40. The predicted molar refractivity (Wildman–Crippen MR) is 70.8 cm³/mol. The fourth-order valence-electron chi connectivity index (χ4n) is 1.58. The highest BCUT2D eigenvalue weighted by atomic mass is 28.4. The number of amides is 1. The molecule has 0 unspecified atom stereocenters. The van der Waals surface area contributed by atoms with Gasteiger partial charge in [-0.15, -0.1) is 0 Å². The molecule has 2 atom stereocenters. The molecule has 1 aliphatic carbocycles. The Hall–Kier alpha value is -0.553. The van der Waals surface area contributed by atoms with Gasteiger partial charge >= 0.3 is 6.09 Å². The smallest absolute Gasteiger partial charge is 0.404 e. The van der Waals surface area contributed by atoms with Gasteiger partial charge < -0.3 is 14.8 Å². The van der Waals surface area contributed by atoms with Crippen LogP contribution in [0, 0.1) is 5.92 Å². The lowest BCUT2D eigenvalue weighted by atomic mass is 10.2. The standard InChI is InChI=1S/C12H25NO3Si/c1-12(2,3)17(4,5)16-7-6-9-8-10(9)13-11(14)15/h9-10,13H,6-8H2,1-5H3,(H,14,15)/t9-,10-/m1/s1. The highest BCUT2D eigenvalue weighted by Crippen LogP contribution is 2.38. The first kappa shape index (κ1) is 14.5. The molecule has 0 heterocycles. The summed E-state index contributed by atoms with van der Waals surface area (Å²) in [6.07, 6.45) is 1.02. The molecule has 0 aliphatic heterocycles. The fraction of sp³-hybridized carbons (Fsp3) is 0.917. The summed E-state index contributed by atoms with van der Waals surface area (Å²) in [5, 5.41) is 11.3. The van der Waals surface area contributed by atoms with E-state index in [1.165, 1.54) is 0 Å². The molecular weight excluding hydrogens is 234 g/mol. The van der Waals surface area contributed by atoms with E-state index in [1.807, 2.05) is 0 Å². The van der Waals surface area contributed by atoms with Crippen molar-refractivity contribution in [3.63, 3.8) is 0 Å². The van der Waals surface area contributed by atoms with Crippen LogP contribution in [0.3, 0.4) is 0 Å². The largest absolute Gasteiger partial charge is 0.465 e. The minimum atomic E-state index is -1.63. The van der Waals surface area contributed by atoms with Crippen LogP contribution in [-0.4, -0.2) is 32.2 Å². The van der Waals surface area contributed by atoms with Crippen LogP contribution in [0.4, 0.5) is 4.79 Å². The maximum absolute atomic E-state index is 10.4. The molecular formula is C12H25NO3Si. The van der Waals surface area contributed by atoms with Crippen molar-refractivity contribution < 1.29 is 14.3 Å². The summed E-state index contributed by atoms with van der Waals surface area (Å²) in [6, 6.07) is 0.163. The normalized spacial score (nSPS) is 24.5. The Balaban J connectivity index is 2.20. The van der Waals surface area contributed by atoms with Gasteiger partial charge in [0.1, 0.15) is 0 Å². The lowest BCUT2D eigenvalue weighted by Crippen LogP contribution is -2.41. The molecule has 0 spiro atoms. The molecule has 0 radical (unpaired) electrons. The molecule has 0 saturated heterocycles. The van der Waals surface area contributed by atoms with Crippen molar-refractivity contribution >= 4 is 14.4 Å². The Kier molecular flexibility index (Phi) is 4.25. The molecule has 0 bridgehead atoms. The van der Waals surface area contributed by atoms with Crippen LogP contribution in [0.15, 0.2) is 0 Å². The van der Waals surface area contributed by atoms with Crippen LogP contribution in [0.2, 0.25) is 18.1 Å². The number of rotatable bonds is 5. The Morgan fingerprint density at radius 3 is 2.53 bits per heavy atom. The monoisotopic (exact) mass is 259 g/mol. The summed E-state index contributed by atoms with van der Waals surface area (Å²) >= 11 is 0. The molecule has 1 aliphatic rings. The fourth-order valence-corrected chi connectivity index (χ4v) is 2.65. The number of hydrogen-bond donors (Lipinski definition) is 2. The van der Waals surface area contributed by atoms with Gasteiger partial charge in [-0.05, 0) is 36.9 Å². The van der Waals surface area contributed by atoms with Gasteiger partial charge in [0.2, 0.25) is 0 Å². The Bertz CT molecular complexity index is 286. The van der Waals surface area contributed by atoms with Crippen LogP contribution in [0.25, 0.3) is 0 Å². The quantitative estimate of drug-likeness (QED) is 0.746. The lowest BCUT2D eigenvalue weighted by Gasteiger charge is -2.36. The van der Waals surface area contributed by atoms with Crippen molar-refractivity contribution in [3.05, 3.63) is 0 Å². The molecule has 0 aromatic carbocycles. The predicted octanol–water partition coefficient (Wildman–Crippen LogP) is 3.05. The van der Waals surface area contributed by atoms with Crippen LogP contribution in [0.5, 0.6) is 0 Å². The van der Waals surface area contributed by atoms with E-state index in [1.54, 1.807) is 0 Å². The third kappa shape index (κ3) is 4.31. The first-order chi connectivity index (χ1) is 7.63. The summed E-state index contributed by atoms with van der Waals surface area (Å²) < 4.78 is 6.06. The zero-order valence-corrected chi connectivity index (χ0v) is 12.5. The second-order valence-electron chi connectivity index (χ2n) is 6.45. The van der Waals surface area contributed by atoms with Crippen LogP contribution in [0.1, 0.15) is 33.6 Å². The molecule has 0 aromatic heterocycles. The molecule has 5 heteroatoms. The molecule has 1 amide bonds. The number of carboxylic acid groups (broad SMARTS) is 1. The van der Waals surface area contributed by atoms with Gasteiger partial charge in [-0.3, -0.25) is 0 Å². The van der Waals surface area contributed by atoms with Gasteiger partial charge in [-0.25, -0.2) is 4.79 Å². The molecule has 1 saturated carbocycles. The van der Waals surface area contributed by atoms with E-state index < -0.39 is 14.4 Å². The van der Waals surface area contributed by atoms with Crippen LogP contribution in [-0.2, 0) is 4.43 Å². The first-order valence-electron chi connectivity index (χ1n) is 6.27. The molecule has 4 nitrogen and oxygen atoms in total. The van der Waals surface area contributed by atoms with Crippen molar-refractivity contribution in [3.8, 4) is 0 Å². The average molecular weight is 259 g/mol. The Morgan fingerprint density at radius 1 is 1.47 bits per heavy atom. The topological polar surface area (TPSA) is 58.6 Å². The van der Waals surface area contributed by atoms with E-state index in [0.717, 1.165) is 19.4 Å².